The Morgan fingerprint density at radius 1 is 1.15 bits per heavy atom. The Morgan fingerprint density at radius 2 is 1.85 bits per heavy atom. The molecule has 20 heavy (non-hydrogen) atoms. The molecular weight excluding hydrogens is 280 g/mol. The van der Waals surface area contributed by atoms with Crippen LogP contribution in [0.4, 0.5) is 0 Å². The molecule has 1 aromatic carbocycles. The first-order valence-electron chi connectivity index (χ1n) is 6.52. The topological polar surface area (TPSA) is 76.7 Å². The van der Waals surface area contributed by atoms with Crippen LogP contribution in [0.3, 0.4) is 0 Å². The van der Waals surface area contributed by atoms with E-state index in [1.807, 2.05) is 0 Å². The molecule has 0 heterocycles. The van der Waals surface area contributed by atoms with E-state index in [4.69, 9.17) is 9.47 Å². The Balaban J connectivity index is 1.99. The van der Waals surface area contributed by atoms with Gasteiger partial charge in [-0.1, -0.05) is 0 Å². The summed E-state index contributed by atoms with van der Waals surface area (Å²) in [5.41, 5.74) is 0. The quantitative estimate of drug-likeness (QED) is 0.692. The van der Waals surface area contributed by atoms with E-state index in [9.17, 15) is 8.42 Å². The van der Waals surface area contributed by atoms with Crippen molar-refractivity contribution in [1.29, 1.82) is 0 Å². The number of rotatable bonds is 8. The van der Waals surface area contributed by atoms with Crippen LogP contribution in [0.15, 0.2) is 23.1 Å². The molecule has 0 spiro atoms. The van der Waals surface area contributed by atoms with Gasteiger partial charge >= 0.3 is 0 Å². The maximum absolute atomic E-state index is 12.1. The van der Waals surface area contributed by atoms with Crippen molar-refractivity contribution in [1.82, 2.24) is 10.0 Å². The zero-order chi connectivity index (χ0) is 14.6. The normalized spacial score (nSPS) is 15.1. The van der Waals surface area contributed by atoms with Gasteiger partial charge in [0, 0.05) is 25.2 Å². The molecular formula is C13H20N2O4S. The predicted molar refractivity (Wildman–Crippen MR) is 75.8 cm³/mol. The molecule has 0 amide bonds. The minimum Gasteiger partial charge on any atom is -0.493 e. The Kier molecular flexibility index (Phi) is 4.85. The van der Waals surface area contributed by atoms with Gasteiger partial charge in [0.05, 0.1) is 19.1 Å². The van der Waals surface area contributed by atoms with Gasteiger partial charge in [-0.2, -0.15) is 0 Å². The summed E-state index contributed by atoms with van der Waals surface area (Å²) in [4.78, 5) is 0.168. The second kappa shape index (κ2) is 6.43. The van der Waals surface area contributed by atoms with Crippen LogP contribution in [0, 0.1) is 0 Å². The molecule has 7 heteroatoms. The third-order valence-corrected chi connectivity index (χ3v) is 4.55. The molecule has 1 aliphatic rings. The zero-order valence-electron chi connectivity index (χ0n) is 11.7. The van der Waals surface area contributed by atoms with Gasteiger partial charge in [0.1, 0.15) is 0 Å². The van der Waals surface area contributed by atoms with Gasteiger partial charge in [-0.25, -0.2) is 13.1 Å². The third kappa shape index (κ3) is 3.84. The van der Waals surface area contributed by atoms with Crippen molar-refractivity contribution in [3.63, 3.8) is 0 Å². The molecule has 6 nitrogen and oxygen atoms in total. The Hall–Kier alpha value is -1.31. The lowest BCUT2D eigenvalue weighted by Crippen LogP contribution is -2.32. The van der Waals surface area contributed by atoms with Crippen LogP contribution in [0.2, 0.25) is 0 Å². The van der Waals surface area contributed by atoms with Gasteiger partial charge in [0.2, 0.25) is 10.0 Å². The summed E-state index contributed by atoms with van der Waals surface area (Å²) < 4.78 is 37.0. The highest BCUT2D eigenvalue weighted by atomic mass is 32.2. The van der Waals surface area contributed by atoms with Crippen molar-refractivity contribution in [2.75, 3.05) is 27.3 Å². The summed E-state index contributed by atoms with van der Waals surface area (Å²) >= 11 is 0. The van der Waals surface area contributed by atoms with Gasteiger partial charge in [0.25, 0.3) is 0 Å². The van der Waals surface area contributed by atoms with Gasteiger partial charge in [-0.05, 0) is 25.0 Å². The minimum absolute atomic E-state index is 0.168. The lowest BCUT2D eigenvalue weighted by atomic mass is 10.3. The third-order valence-electron chi connectivity index (χ3n) is 3.09. The highest BCUT2D eigenvalue weighted by molar-refractivity contribution is 7.89. The number of sulfonamides is 1. The Labute approximate surface area is 119 Å². The SMILES string of the molecule is COc1ccc(S(=O)(=O)NCCNC2CC2)cc1OC. The van der Waals surface area contributed by atoms with Crippen LogP contribution in [0.5, 0.6) is 11.5 Å². The standard InChI is InChI=1S/C13H20N2O4S/c1-18-12-6-5-11(9-13(12)19-2)20(16,17)15-8-7-14-10-3-4-10/h5-6,9-10,14-15H,3-4,7-8H2,1-2H3. The number of hydrogen-bond acceptors (Lipinski definition) is 5. The lowest BCUT2D eigenvalue weighted by Gasteiger charge is -2.11. The summed E-state index contributed by atoms with van der Waals surface area (Å²) in [5.74, 6) is 0.897. The summed E-state index contributed by atoms with van der Waals surface area (Å²) in [6.45, 7) is 1.00. The van der Waals surface area contributed by atoms with E-state index < -0.39 is 10.0 Å². The fourth-order valence-electron chi connectivity index (χ4n) is 1.82. The van der Waals surface area contributed by atoms with Crippen molar-refractivity contribution < 1.29 is 17.9 Å². The number of methoxy groups -OCH3 is 2. The Morgan fingerprint density at radius 3 is 2.45 bits per heavy atom. The van der Waals surface area contributed by atoms with Gasteiger partial charge < -0.3 is 14.8 Å². The second-order valence-electron chi connectivity index (χ2n) is 4.64. The second-order valence-corrected chi connectivity index (χ2v) is 6.41. The fraction of sp³-hybridized carbons (Fsp3) is 0.538. The maximum Gasteiger partial charge on any atom is 0.240 e. The largest absolute Gasteiger partial charge is 0.493 e. The predicted octanol–water partition coefficient (Wildman–Crippen LogP) is 0.734. The van der Waals surface area contributed by atoms with Crippen molar-refractivity contribution in [2.45, 2.75) is 23.8 Å². The Bertz CT molecular complexity index is 555. The molecule has 0 aliphatic heterocycles. The average molecular weight is 300 g/mol. The van der Waals surface area contributed by atoms with Crippen molar-refractivity contribution >= 4 is 10.0 Å². The van der Waals surface area contributed by atoms with E-state index >= 15 is 0 Å². The molecule has 2 N–H and O–H groups in total. The molecule has 1 aromatic rings. The van der Waals surface area contributed by atoms with Crippen LogP contribution in [-0.2, 0) is 10.0 Å². The van der Waals surface area contributed by atoms with Gasteiger partial charge in [-0.15, -0.1) is 0 Å². The van der Waals surface area contributed by atoms with E-state index in [0.29, 0.717) is 30.6 Å². The molecule has 0 aromatic heterocycles. The molecule has 1 aliphatic carbocycles. The molecule has 1 saturated carbocycles. The zero-order valence-corrected chi connectivity index (χ0v) is 12.5. The van der Waals surface area contributed by atoms with Crippen molar-refractivity contribution in [2.24, 2.45) is 0 Å². The molecule has 1 fully saturated rings. The molecule has 0 unspecified atom stereocenters. The first-order valence-corrected chi connectivity index (χ1v) is 8.00. The number of nitrogens with one attached hydrogen (secondary N) is 2. The summed E-state index contributed by atoms with van der Waals surface area (Å²) in [7, 11) is -0.540. The van der Waals surface area contributed by atoms with Crippen LogP contribution >= 0.6 is 0 Å². The van der Waals surface area contributed by atoms with Crippen molar-refractivity contribution in [3.05, 3.63) is 18.2 Å². The lowest BCUT2D eigenvalue weighted by molar-refractivity contribution is 0.354. The van der Waals surface area contributed by atoms with Crippen LogP contribution < -0.4 is 19.5 Å². The minimum atomic E-state index is -3.52. The van der Waals surface area contributed by atoms with E-state index in [0.717, 1.165) is 0 Å². The number of ether oxygens (including phenoxy) is 2. The first-order chi connectivity index (χ1) is 9.56. The molecule has 2 rings (SSSR count). The molecule has 0 atom stereocenters. The summed E-state index contributed by atoms with van der Waals surface area (Å²) in [6, 6.07) is 5.10. The molecule has 0 radical (unpaired) electrons. The van der Waals surface area contributed by atoms with E-state index in [-0.39, 0.29) is 4.90 Å². The van der Waals surface area contributed by atoms with Crippen LogP contribution in [0.1, 0.15) is 12.8 Å². The maximum atomic E-state index is 12.1. The first kappa shape index (κ1) is 15.1. The smallest absolute Gasteiger partial charge is 0.240 e. The van der Waals surface area contributed by atoms with Gasteiger partial charge in [0.15, 0.2) is 11.5 Å². The molecule has 112 valence electrons. The monoisotopic (exact) mass is 300 g/mol. The van der Waals surface area contributed by atoms with Crippen molar-refractivity contribution in [3.8, 4) is 11.5 Å². The van der Waals surface area contributed by atoms with Crippen LogP contribution in [-0.4, -0.2) is 41.8 Å². The van der Waals surface area contributed by atoms with E-state index in [2.05, 4.69) is 10.0 Å². The molecule has 0 bridgehead atoms. The van der Waals surface area contributed by atoms with E-state index in [1.54, 1.807) is 6.07 Å². The fourth-order valence-corrected chi connectivity index (χ4v) is 2.86. The molecule has 0 saturated heterocycles. The average Bonchev–Trinajstić information content (AvgIpc) is 3.27. The highest BCUT2D eigenvalue weighted by Gasteiger charge is 2.20. The summed E-state index contributed by atoms with van der Waals surface area (Å²) in [6.07, 6.45) is 2.37. The van der Waals surface area contributed by atoms with Gasteiger partial charge in [-0.3, -0.25) is 0 Å². The van der Waals surface area contributed by atoms with Crippen LogP contribution in [0.25, 0.3) is 0 Å². The van der Waals surface area contributed by atoms with E-state index in [1.165, 1.54) is 39.2 Å². The number of hydrogen-bond donors (Lipinski definition) is 2. The number of benzene rings is 1. The summed E-state index contributed by atoms with van der Waals surface area (Å²) in [5, 5.41) is 3.25. The highest BCUT2D eigenvalue weighted by Crippen LogP contribution is 2.29.